The van der Waals surface area contributed by atoms with Crippen molar-refractivity contribution >= 4 is 11.8 Å². The minimum atomic E-state index is -0.244. The summed E-state index contributed by atoms with van der Waals surface area (Å²) in [6, 6.07) is 6.30. The minimum Gasteiger partial charge on any atom is -0.444 e. The van der Waals surface area contributed by atoms with E-state index in [9.17, 15) is 4.79 Å². The highest BCUT2D eigenvalue weighted by molar-refractivity contribution is 5.89. The maximum atomic E-state index is 11.8. The van der Waals surface area contributed by atoms with Crippen LogP contribution in [0, 0.1) is 0 Å². The van der Waals surface area contributed by atoms with Gasteiger partial charge in [-0.05, 0) is 55.5 Å². The maximum Gasteiger partial charge on any atom is 0.414 e. The number of anilines is 1. The molecule has 1 saturated heterocycles. The molecule has 1 unspecified atom stereocenters. The zero-order valence-electron chi connectivity index (χ0n) is 10.4. The summed E-state index contributed by atoms with van der Waals surface area (Å²) >= 11 is 0. The molecular weight excluding hydrogens is 228 g/mol. The molecule has 1 amide bonds. The summed E-state index contributed by atoms with van der Waals surface area (Å²) in [4.78, 5) is 13.5. The molecular formula is C14H18N2O2. The van der Waals surface area contributed by atoms with Crippen LogP contribution >= 0.6 is 0 Å². The lowest BCUT2D eigenvalue weighted by Crippen LogP contribution is -2.25. The predicted molar refractivity (Wildman–Crippen MR) is 69.8 cm³/mol. The Kier molecular flexibility index (Phi) is 2.96. The van der Waals surface area contributed by atoms with Crippen molar-refractivity contribution < 1.29 is 9.53 Å². The molecule has 0 aromatic heterocycles. The highest BCUT2D eigenvalue weighted by atomic mass is 16.6. The molecule has 4 heteroatoms. The maximum absolute atomic E-state index is 11.8. The average molecular weight is 246 g/mol. The van der Waals surface area contributed by atoms with Gasteiger partial charge in [0.15, 0.2) is 0 Å². The molecule has 1 aliphatic carbocycles. The van der Waals surface area contributed by atoms with E-state index in [1.807, 2.05) is 6.07 Å². The smallest absolute Gasteiger partial charge is 0.414 e. The Hall–Kier alpha value is -1.55. The first-order valence-electron chi connectivity index (χ1n) is 6.58. The minimum absolute atomic E-state index is 0.0595. The Morgan fingerprint density at radius 1 is 1.33 bits per heavy atom. The summed E-state index contributed by atoms with van der Waals surface area (Å²) in [6.07, 6.45) is 3.93. The predicted octanol–water partition coefficient (Wildman–Crippen LogP) is 1.85. The quantitative estimate of drug-likeness (QED) is 0.885. The Morgan fingerprint density at radius 3 is 3.00 bits per heavy atom. The normalized spacial score (nSPS) is 22.2. The van der Waals surface area contributed by atoms with Gasteiger partial charge in [-0.3, -0.25) is 4.90 Å². The van der Waals surface area contributed by atoms with E-state index < -0.39 is 0 Å². The number of carbonyl (C=O) groups excluding carboxylic acids is 1. The SMILES string of the molecule is NCCC1CN(c2ccc3c(c2)CCC3)C(=O)O1. The van der Waals surface area contributed by atoms with Crippen molar-refractivity contribution in [3.05, 3.63) is 29.3 Å². The largest absolute Gasteiger partial charge is 0.444 e. The Morgan fingerprint density at radius 2 is 2.17 bits per heavy atom. The van der Waals surface area contributed by atoms with E-state index in [4.69, 9.17) is 10.5 Å². The Balaban J connectivity index is 1.80. The zero-order chi connectivity index (χ0) is 12.5. The second-order valence-electron chi connectivity index (χ2n) is 5.00. The first kappa shape index (κ1) is 11.5. The van der Waals surface area contributed by atoms with E-state index in [2.05, 4.69) is 12.1 Å². The summed E-state index contributed by atoms with van der Waals surface area (Å²) in [5.41, 5.74) is 9.26. The van der Waals surface area contributed by atoms with Crippen LogP contribution in [-0.4, -0.2) is 25.3 Å². The first-order valence-corrected chi connectivity index (χ1v) is 6.58. The number of nitrogens with zero attached hydrogens (tertiary/aromatic N) is 1. The topological polar surface area (TPSA) is 55.6 Å². The molecule has 1 atom stereocenters. The molecule has 2 aliphatic rings. The molecule has 3 rings (SSSR count). The van der Waals surface area contributed by atoms with Gasteiger partial charge >= 0.3 is 6.09 Å². The van der Waals surface area contributed by atoms with E-state index in [1.54, 1.807) is 4.90 Å². The van der Waals surface area contributed by atoms with Crippen LogP contribution in [0.15, 0.2) is 18.2 Å². The van der Waals surface area contributed by atoms with Crippen LogP contribution in [0.25, 0.3) is 0 Å². The van der Waals surface area contributed by atoms with Gasteiger partial charge in [0.05, 0.1) is 6.54 Å². The van der Waals surface area contributed by atoms with Crippen LogP contribution in [0.4, 0.5) is 10.5 Å². The summed E-state index contributed by atoms with van der Waals surface area (Å²) < 4.78 is 5.30. The number of fused-ring (bicyclic) bond motifs is 1. The van der Waals surface area contributed by atoms with Crippen molar-refractivity contribution in [1.82, 2.24) is 0 Å². The van der Waals surface area contributed by atoms with Crippen molar-refractivity contribution in [2.24, 2.45) is 5.73 Å². The number of amides is 1. The molecule has 4 nitrogen and oxygen atoms in total. The van der Waals surface area contributed by atoms with Crippen LogP contribution in [0.3, 0.4) is 0 Å². The molecule has 1 aromatic rings. The summed E-state index contributed by atoms with van der Waals surface area (Å²) in [7, 11) is 0. The molecule has 1 aliphatic heterocycles. The monoisotopic (exact) mass is 246 g/mol. The molecule has 0 radical (unpaired) electrons. The fourth-order valence-corrected chi connectivity index (χ4v) is 2.79. The molecule has 0 spiro atoms. The number of hydrogen-bond acceptors (Lipinski definition) is 3. The highest BCUT2D eigenvalue weighted by Crippen LogP contribution is 2.29. The second kappa shape index (κ2) is 4.61. The number of hydrogen-bond donors (Lipinski definition) is 1. The number of aryl methyl sites for hydroxylation is 2. The van der Waals surface area contributed by atoms with Gasteiger partial charge in [-0.15, -0.1) is 0 Å². The van der Waals surface area contributed by atoms with Gasteiger partial charge in [0, 0.05) is 5.69 Å². The van der Waals surface area contributed by atoms with Crippen molar-refractivity contribution in [1.29, 1.82) is 0 Å². The van der Waals surface area contributed by atoms with E-state index in [1.165, 1.54) is 17.5 Å². The van der Waals surface area contributed by atoms with Crippen molar-refractivity contribution in [2.75, 3.05) is 18.0 Å². The summed E-state index contributed by atoms with van der Waals surface area (Å²) in [5.74, 6) is 0. The average Bonchev–Trinajstić information content (AvgIpc) is 2.95. The molecule has 0 saturated carbocycles. The van der Waals surface area contributed by atoms with Crippen LogP contribution in [0.5, 0.6) is 0 Å². The van der Waals surface area contributed by atoms with E-state index >= 15 is 0 Å². The van der Waals surface area contributed by atoms with Gasteiger partial charge in [0.1, 0.15) is 6.10 Å². The van der Waals surface area contributed by atoms with Crippen molar-refractivity contribution in [3.8, 4) is 0 Å². The second-order valence-corrected chi connectivity index (χ2v) is 5.00. The zero-order valence-corrected chi connectivity index (χ0v) is 10.4. The first-order chi connectivity index (χ1) is 8.78. The number of ether oxygens (including phenoxy) is 1. The van der Waals surface area contributed by atoms with Crippen molar-refractivity contribution in [2.45, 2.75) is 31.8 Å². The third kappa shape index (κ3) is 1.97. The molecule has 2 N–H and O–H groups in total. The van der Waals surface area contributed by atoms with Crippen molar-refractivity contribution in [3.63, 3.8) is 0 Å². The number of cyclic esters (lactones) is 1. The number of rotatable bonds is 3. The number of nitrogens with two attached hydrogens (primary N) is 1. The molecule has 0 bridgehead atoms. The van der Waals surface area contributed by atoms with Gasteiger partial charge in [-0.25, -0.2) is 4.79 Å². The molecule has 18 heavy (non-hydrogen) atoms. The van der Waals surface area contributed by atoms with E-state index in [0.29, 0.717) is 13.1 Å². The third-order valence-electron chi connectivity index (χ3n) is 3.76. The van der Waals surface area contributed by atoms with Crippen LogP contribution in [0.1, 0.15) is 24.0 Å². The lowest BCUT2D eigenvalue weighted by Gasteiger charge is -2.14. The fraction of sp³-hybridized carbons (Fsp3) is 0.500. The lowest BCUT2D eigenvalue weighted by atomic mass is 10.1. The molecule has 1 heterocycles. The Labute approximate surface area is 107 Å². The van der Waals surface area contributed by atoms with Gasteiger partial charge < -0.3 is 10.5 Å². The highest BCUT2D eigenvalue weighted by Gasteiger charge is 2.32. The van der Waals surface area contributed by atoms with Gasteiger partial charge in [0.25, 0.3) is 0 Å². The third-order valence-corrected chi connectivity index (χ3v) is 3.76. The lowest BCUT2D eigenvalue weighted by molar-refractivity contribution is 0.138. The van der Waals surface area contributed by atoms with Crippen LogP contribution in [0.2, 0.25) is 0 Å². The van der Waals surface area contributed by atoms with E-state index in [0.717, 1.165) is 24.9 Å². The van der Waals surface area contributed by atoms with Crippen LogP contribution in [-0.2, 0) is 17.6 Å². The molecule has 1 fully saturated rings. The van der Waals surface area contributed by atoms with Gasteiger partial charge in [-0.1, -0.05) is 6.07 Å². The van der Waals surface area contributed by atoms with Gasteiger partial charge in [-0.2, -0.15) is 0 Å². The summed E-state index contributed by atoms with van der Waals surface area (Å²) in [5, 5.41) is 0. The van der Waals surface area contributed by atoms with Crippen LogP contribution < -0.4 is 10.6 Å². The number of carbonyl (C=O) groups is 1. The van der Waals surface area contributed by atoms with E-state index in [-0.39, 0.29) is 12.2 Å². The molecule has 96 valence electrons. The fourth-order valence-electron chi connectivity index (χ4n) is 2.79. The summed E-state index contributed by atoms with van der Waals surface area (Å²) in [6.45, 7) is 1.17. The Bertz CT molecular complexity index is 473. The molecule has 1 aromatic carbocycles. The standard InChI is InChI=1S/C14H18N2O2/c15-7-6-13-9-16(14(17)18-13)12-5-4-10-2-1-3-11(10)8-12/h4-5,8,13H,1-3,6-7,9,15H2. The van der Waals surface area contributed by atoms with Gasteiger partial charge in [0.2, 0.25) is 0 Å². The number of benzene rings is 1.